The van der Waals surface area contributed by atoms with Gasteiger partial charge in [0.1, 0.15) is 4.90 Å². The summed E-state index contributed by atoms with van der Waals surface area (Å²) >= 11 is 12.1. The fraction of sp³-hybridized carbons (Fsp3) is 0.263. The number of carbonyl (C=O) groups is 2. The zero-order chi connectivity index (χ0) is 21.2. The maximum absolute atomic E-state index is 12.8. The van der Waals surface area contributed by atoms with E-state index in [1.165, 1.54) is 24.3 Å². The van der Waals surface area contributed by atoms with Gasteiger partial charge in [-0.05, 0) is 43.2 Å². The summed E-state index contributed by atoms with van der Waals surface area (Å²) in [6.07, 6.45) is 0.960. The van der Waals surface area contributed by atoms with Crippen molar-refractivity contribution in [1.82, 2.24) is 4.90 Å². The number of piperidine rings is 1. The van der Waals surface area contributed by atoms with Gasteiger partial charge in [-0.25, -0.2) is 8.42 Å². The fourth-order valence-electron chi connectivity index (χ4n) is 3.14. The number of anilines is 1. The Balaban J connectivity index is 1.83. The molecule has 0 bridgehead atoms. The summed E-state index contributed by atoms with van der Waals surface area (Å²) < 4.78 is 28.0. The van der Waals surface area contributed by atoms with Crippen LogP contribution in [0.5, 0.6) is 0 Å². The Hall–Kier alpha value is -2.29. The number of para-hydroxylation sites is 1. The lowest BCUT2D eigenvalue weighted by Crippen LogP contribution is -2.41. The fourth-order valence-corrected chi connectivity index (χ4v) is 4.98. The Kier molecular flexibility index (Phi) is 6.36. The van der Waals surface area contributed by atoms with Crippen molar-refractivity contribution < 1.29 is 18.0 Å². The molecular weight excluding hydrogens is 437 g/mol. The lowest BCUT2D eigenvalue weighted by molar-refractivity contribution is -0.123. The van der Waals surface area contributed by atoms with Gasteiger partial charge in [0.15, 0.2) is 0 Å². The van der Waals surface area contributed by atoms with Crippen molar-refractivity contribution in [3.63, 3.8) is 0 Å². The van der Waals surface area contributed by atoms with E-state index in [1.54, 1.807) is 23.1 Å². The van der Waals surface area contributed by atoms with Crippen molar-refractivity contribution in [2.45, 2.75) is 17.7 Å². The number of nitrogens with two attached hydrogens (primary N) is 1. The molecule has 7 nitrogen and oxygen atoms in total. The molecule has 29 heavy (non-hydrogen) atoms. The minimum absolute atomic E-state index is 0.0199. The van der Waals surface area contributed by atoms with Crippen molar-refractivity contribution in [2.75, 3.05) is 17.8 Å². The summed E-state index contributed by atoms with van der Waals surface area (Å²) in [5.41, 5.74) is 5.71. The van der Waals surface area contributed by atoms with Crippen LogP contribution in [0.3, 0.4) is 0 Å². The van der Waals surface area contributed by atoms with Gasteiger partial charge in [0.05, 0.1) is 15.7 Å². The van der Waals surface area contributed by atoms with Crippen molar-refractivity contribution in [2.24, 2.45) is 11.7 Å². The quantitative estimate of drug-likeness (QED) is 0.721. The average molecular weight is 456 g/mol. The van der Waals surface area contributed by atoms with E-state index in [-0.39, 0.29) is 43.9 Å². The van der Waals surface area contributed by atoms with Gasteiger partial charge in [0.2, 0.25) is 5.91 Å². The van der Waals surface area contributed by atoms with Crippen LogP contribution in [0.4, 0.5) is 5.69 Å². The third-order valence-corrected chi connectivity index (χ3v) is 6.95. The molecule has 3 rings (SSSR count). The Morgan fingerprint density at radius 1 is 1.03 bits per heavy atom. The maximum atomic E-state index is 12.8. The molecule has 154 valence electrons. The van der Waals surface area contributed by atoms with Crippen LogP contribution in [-0.4, -0.2) is 38.2 Å². The topological polar surface area (TPSA) is 110 Å². The van der Waals surface area contributed by atoms with Crippen LogP contribution in [0.15, 0.2) is 47.4 Å². The highest BCUT2D eigenvalue weighted by Gasteiger charge is 2.28. The van der Waals surface area contributed by atoms with Gasteiger partial charge in [-0.15, -0.1) is 0 Å². The number of halogens is 2. The highest BCUT2D eigenvalue weighted by Crippen LogP contribution is 2.29. The minimum Gasteiger partial charge on any atom is -0.369 e. The van der Waals surface area contributed by atoms with Gasteiger partial charge >= 0.3 is 0 Å². The second-order valence-electron chi connectivity index (χ2n) is 6.70. The van der Waals surface area contributed by atoms with E-state index < -0.39 is 10.0 Å². The summed E-state index contributed by atoms with van der Waals surface area (Å²) in [6, 6.07) is 10.5. The molecule has 0 aromatic heterocycles. The highest BCUT2D eigenvalue weighted by atomic mass is 35.5. The number of benzene rings is 2. The average Bonchev–Trinajstić information content (AvgIpc) is 2.69. The monoisotopic (exact) mass is 455 g/mol. The maximum Gasteiger partial charge on any atom is 0.263 e. The normalized spacial score (nSPS) is 15.2. The van der Waals surface area contributed by atoms with E-state index in [9.17, 15) is 18.0 Å². The molecule has 1 aliphatic heterocycles. The molecule has 0 saturated carbocycles. The summed E-state index contributed by atoms with van der Waals surface area (Å²) in [7, 11) is -4.07. The third kappa shape index (κ3) is 4.83. The summed E-state index contributed by atoms with van der Waals surface area (Å²) in [5.74, 6) is -0.957. The zero-order valence-electron chi connectivity index (χ0n) is 15.3. The Bertz CT molecular complexity index is 1050. The molecule has 0 atom stereocenters. The highest BCUT2D eigenvalue weighted by molar-refractivity contribution is 7.92. The molecular formula is C19H19Cl2N3O4S. The molecule has 1 heterocycles. The standard InChI is InChI=1S/C19H19Cl2N3O4S/c20-14-3-1-2-4-16(14)23-29(27,28)17-11-13(5-6-15(17)21)19(26)24-9-7-12(8-10-24)18(22)25/h1-6,11-12,23H,7-10H2,(H2,22,25). The van der Waals surface area contributed by atoms with Crippen LogP contribution in [0.2, 0.25) is 10.0 Å². The van der Waals surface area contributed by atoms with Gasteiger partial charge in [-0.3, -0.25) is 14.3 Å². The van der Waals surface area contributed by atoms with E-state index in [2.05, 4.69) is 4.72 Å². The van der Waals surface area contributed by atoms with Crippen molar-refractivity contribution in [3.8, 4) is 0 Å². The number of nitrogens with one attached hydrogen (secondary N) is 1. The van der Waals surface area contributed by atoms with Gasteiger partial charge < -0.3 is 10.6 Å². The SMILES string of the molecule is NC(=O)C1CCN(C(=O)c2ccc(Cl)c(S(=O)(=O)Nc3ccccc3Cl)c2)CC1. The lowest BCUT2D eigenvalue weighted by atomic mass is 9.96. The predicted molar refractivity (Wildman–Crippen MR) is 112 cm³/mol. The number of sulfonamides is 1. The first-order valence-corrected chi connectivity index (χ1v) is 11.1. The van der Waals surface area contributed by atoms with Crippen LogP contribution in [-0.2, 0) is 14.8 Å². The molecule has 0 aliphatic carbocycles. The Morgan fingerprint density at radius 3 is 2.31 bits per heavy atom. The van der Waals surface area contributed by atoms with E-state index in [0.717, 1.165) is 0 Å². The predicted octanol–water partition coefficient (Wildman–Crippen LogP) is 3.13. The van der Waals surface area contributed by atoms with Gasteiger partial charge in [-0.1, -0.05) is 35.3 Å². The number of amides is 2. The Labute approximate surface area is 178 Å². The van der Waals surface area contributed by atoms with Crippen LogP contribution < -0.4 is 10.5 Å². The van der Waals surface area contributed by atoms with Crippen molar-refractivity contribution >= 4 is 50.7 Å². The number of nitrogens with zero attached hydrogens (tertiary/aromatic N) is 1. The van der Waals surface area contributed by atoms with E-state index in [1.807, 2.05) is 0 Å². The lowest BCUT2D eigenvalue weighted by Gasteiger charge is -2.30. The molecule has 0 spiro atoms. The molecule has 0 radical (unpaired) electrons. The largest absolute Gasteiger partial charge is 0.369 e. The number of hydrogen-bond donors (Lipinski definition) is 2. The van der Waals surface area contributed by atoms with E-state index in [4.69, 9.17) is 28.9 Å². The third-order valence-electron chi connectivity index (χ3n) is 4.77. The van der Waals surface area contributed by atoms with Gasteiger partial charge in [0, 0.05) is 24.6 Å². The van der Waals surface area contributed by atoms with Gasteiger partial charge in [-0.2, -0.15) is 0 Å². The first-order valence-electron chi connectivity index (χ1n) is 8.84. The second-order valence-corrected chi connectivity index (χ2v) is 9.16. The summed E-state index contributed by atoms with van der Waals surface area (Å²) in [6.45, 7) is 0.740. The number of rotatable bonds is 5. The molecule has 2 aromatic rings. The number of primary amides is 1. The molecule has 1 saturated heterocycles. The molecule has 10 heteroatoms. The second kappa shape index (κ2) is 8.61. The van der Waals surface area contributed by atoms with Crippen LogP contribution in [0.25, 0.3) is 0 Å². The number of carbonyl (C=O) groups excluding carboxylic acids is 2. The molecule has 1 aliphatic rings. The van der Waals surface area contributed by atoms with Crippen LogP contribution >= 0.6 is 23.2 Å². The van der Waals surface area contributed by atoms with Crippen LogP contribution in [0.1, 0.15) is 23.2 Å². The molecule has 1 fully saturated rings. The van der Waals surface area contributed by atoms with Crippen LogP contribution in [0, 0.1) is 5.92 Å². The van der Waals surface area contributed by atoms with Gasteiger partial charge in [0.25, 0.3) is 15.9 Å². The number of hydrogen-bond acceptors (Lipinski definition) is 4. The molecule has 3 N–H and O–H groups in total. The molecule has 2 aromatic carbocycles. The molecule has 0 unspecified atom stereocenters. The summed E-state index contributed by atoms with van der Waals surface area (Å²) in [4.78, 5) is 25.4. The minimum atomic E-state index is -4.07. The number of likely N-dealkylation sites (tertiary alicyclic amines) is 1. The van der Waals surface area contributed by atoms with Crippen molar-refractivity contribution in [3.05, 3.63) is 58.1 Å². The van der Waals surface area contributed by atoms with Crippen molar-refractivity contribution in [1.29, 1.82) is 0 Å². The Morgan fingerprint density at radius 2 is 1.69 bits per heavy atom. The van der Waals surface area contributed by atoms with E-state index >= 15 is 0 Å². The van der Waals surface area contributed by atoms with E-state index in [0.29, 0.717) is 25.9 Å². The zero-order valence-corrected chi connectivity index (χ0v) is 17.6. The smallest absolute Gasteiger partial charge is 0.263 e. The first kappa shape index (κ1) is 21.4. The summed E-state index contributed by atoms with van der Waals surface area (Å²) in [5, 5.41) is 0.213. The molecule has 2 amide bonds. The first-order chi connectivity index (χ1) is 13.7.